The third-order valence-corrected chi connectivity index (χ3v) is 6.50. The topological polar surface area (TPSA) is 85.5 Å². The Kier molecular flexibility index (Phi) is 6.31. The fourth-order valence-corrected chi connectivity index (χ4v) is 4.36. The highest BCUT2D eigenvalue weighted by atomic mass is 16.5. The van der Waals surface area contributed by atoms with Gasteiger partial charge in [0.25, 0.3) is 0 Å². The quantitative estimate of drug-likeness (QED) is 0.496. The van der Waals surface area contributed by atoms with Crippen molar-refractivity contribution in [2.75, 3.05) is 25.6 Å². The second-order valence-electron chi connectivity index (χ2n) is 9.31. The van der Waals surface area contributed by atoms with E-state index < -0.39 is 0 Å². The Morgan fingerprint density at radius 2 is 2.14 bits per heavy atom. The Hall–Kier alpha value is -4.00. The van der Waals surface area contributed by atoms with E-state index in [1.54, 1.807) is 13.3 Å². The summed E-state index contributed by atoms with van der Waals surface area (Å²) >= 11 is 0. The molecule has 0 bridgehead atoms. The Balaban J connectivity index is 1.35. The third kappa shape index (κ3) is 5.09. The van der Waals surface area contributed by atoms with Crippen LogP contribution in [-0.2, 0) is 11.2 Å². The van der Waals surface area contributed by atoms with Crippen LogP contribution in [0.25, 0.3) is 11.1 Å². The number of hydrogen-bond donors (Lipinski definition) is 2. The van der Waals surface area contributed by atoms with Crippen LogP contribution in [-0.4, -0.2) is 36.4 Å². The Labute approximate surface area is 204 Å². The molecule has 0 spiro atoms. The Morgan fingerprint density at radius 3 is 2.91 bits per heavy atom. The molecule has 0 saturated carbocycles. The van der Waals surface area contributed by atoms with E-state index in [2.05, 4.69) is 34.6 Å². The summed E-state index contributed by atoms with van der Waals surface area (Å²) in [4.78, 5) is 13.3. The van der Waals surface area contributed by atoms with Crippen molar-refractivity contribution in [2.45, 2.75) is 19.8 Å². The highest BCUT2D eigenvalue weighted by Gasteiger charge is 2.28. The van der Waals surface area contributed by atoms with Gasteiger partial charge in [-0.15, -0.1) is 0 Å². The summed E-state index contributed by atoms with van der Waals surface area (Å²) in [6.07, 6.45) is 13.5. The number of ether oxygens (including phenoxy) is 3. The molecule has 1 aromatic heterocycles. The van der Waals surface area contributed by atoms with Crippen LogP contribution in [0, 0.1) is 11.3 Å². The first-order chi connectivity index (χ1) is 17.0. The van der Waals surface area contributed by atoms with Gasteiger partial charge < -0.3 is 19.5 Å². The fourth-order valence-electron chi connectivity index (χ4n) is 4.36. The number of hydrogen-bond acceptors (Lipinski definition) is 5. The number of nitrogens with zero attached hydrogens (tertiary/aromatic N) is 1. The standard InChI is InChI=1S/C28H29N3O4/c1-28(10-4-3-5-11-28)18-35-26-14-19(22-15-29-30-16-22)6-8-24(26)31-27(32)21-12-20-13-23(33-2)7-9-25(20)34-17-21/h3-10,13-16,21H,11-12,17-18H2,1-2H3,(H,29,30)(H,31,32). The van der Waals surface area contributed by atoms with Gasteiger partial charge in [0.1, 0.15) is 23.9 Å². The lowest BCUT2D eigenvalue weighted by molar-refractivity contribution is -0.121. The monoisotopic (exact) mass is 471 g/mol. The number of methoxy groups -OCH3 is 1. The summed E-state index contributed by atoms with van der Waals surface area (Å²) in [5.41, 5.74) is 3.40. The largest absolute Gasteiger partial charge is 0.497 e. The fraction of sp³-hybridized carbons (Fsp3) is 0.286. The number of fused-ring (bicyclic) bond motifs is 1. The minimum Gasteiger partial charge on any atom is -0.497 e. The molecule has 7 heteroatoms. The maximum atomic E-state index is 13.3. The third-order valence-electron chi connectivity index (χ3n) is 6.50. The van der Waals surface area contributed by atoms with Gasteiger partial charge in [-0.25, -0.2) is 0 Å². The molecule has 1 aliphatic carbocycles. The molecule has 2 aliphatic rings. The van der Waals surface area contributed by atoms with Gasteiger partial charge in [0.2, 0.25) is 5.91 Å². The van der Waals surface area contributed by atoms with Gasteiger partial charge in [0.15, 0.2) is 0 Å². The zero-order valence-electron chi connectivity index (χ0n) is 19.9. The smallest absolute Gasteiger partial charge is 0.231 e. The Bertz CT molecular complexity index is 1270. The van der Waals surface area contributed by atoms with Crippen molar-refractivity contribution in [2.24, 2.45) is 11.3 Å². The molecule has 2 N–H and O–H groups in total. The maximum absolute atomic E-state index is 13.3. The first kappa shape index (κ1) is 22.8. The number of anilines is 1. The van der Waals surface area contributed by atoms with E-state index in [4.69, 9.17) is 14.2 Å². The predicted molar refractivity (Wildman–Crippen MR) is 135 cm³/mol. The Morgan fingerprint density at radius 1 is 1.23 bits per heavy atom. The molecule has 35 heavy (non-hydrogen) atoms. The average molecular weight is 472 g/mol. The van der Waals surface area contributed by atoms with Crippen LogP contribution >= 0.6 is 0 Å². The first-order valence-electron chi connectivity index (χ1n) is 11.7. The second-order valence-corrected chi connectivity index (χ2v) is 9.31. The van der Waals surface area contributed by atoms with Gasteiger partial charge >= 0.3 is 0 Å². The number of aromatic amines is 1. The minimum absolute atomic E-state index is 0.105. The van der Waals surface area contributed by atoms with Gasteiger partial charge in [-0.2, -0.15) is 5.10 Å². The van der Waals surface area contributed by atoms with E-state index in [1.807, 2.05) is 54.7 Å². The van der Waals surface area contributed by atoms with Gasteiger partial charge in [-0.3, -0.25) is 9.89 Å². The number of nitrogens with one attached hydrogen (secondary N) is 2. The number of aromatic nitrogens is 2. The van der Waals surface area contributed by atoms with Crippen LogP contribution in [0.2, 0.25) is 0 Å². The molecule has 5 rings (SSSR count). The number of rotatable bonds is 7. The second kappa shape index (κ2) is 9.70. The van der Waals surface area contributed by atoms with E-state index in [0.29, 0.717) is 31.1 Å². The SMILES string of the molecule is COc1ccc2c(c1)CC(C(=O)Nc1ccc(-c3cn[nH]c3)cc1OCC1(C)C=CC=CC1)CO2. The zero-order valence-corrected chi connectivity index (χ0v) is 19.9. The average Bonchev–Trinajstić information content (AvgIpc) is 3.43. The highest BCUT2D eigenvalue weighted by molar-refractivity contribution is 5.95. The number of amides is 1. The van der Waals surface area contributed by atoms with Crippen LogP contribution in [0.4, 0.5) is 5.69 Å². The number of H-pyrrole nitrogens is 1. The lowest BCUT2D eigenvalue weighted by Crippen LogP contribution is -2.32. The molecule has 2 atom stereocenters. The first-order valence-corrected chi connectivity index (χ1v) is 11.7. The lowest BCUT2D eigenvalue weighted by atomic mass is 9.85. The predicted octanol–water partition coefficient (Wildman–Crippen LogP) is 5.18. The van der Waals surface area contributed by atoms with Gasteiger partial charge in [0, 0.05) is 17.2 Å². The van der Waals surface area contributed by atoms with E-state index in [9.17, 15) is 4.79 Å². The number of allylic oxidation sites excluding steroid dienone is 3. The maximum Gasteiger partial charge on any atom is 0.231 e. The van der Waals surface area contributed by atoms with Crippen molar-refractivity contribution >= 4 is 11.6 Å². The van der Waals surface area contributed by atoms with Crippen LogP contribution in [0.15, 0.2) is 73.1 Å². The van der Waals surface area contributed by atoms with Gasteiger partial charge in [0.05, 0.1) is 31.5 Å². The van der Waals surface area contributed by atoms with Crippen LogP contribution < -0.4 is 19.5 Å². The van der Waals surface area contributed by atoms with E-state index >= 15 is 0 Å². The van der Waals surface area contributed by atoms with E-state index in [-0.39, 0.29) is 17.2 Å². The molecule has 0 radical (unpaired) electrons. The highest BCUT2D eigenvalue weighted by Crippen LogP contribution is 2.35. The van der Waals surface area contributed by atoms with Gasteiger partial charge in [-0.1, -0.05) is 37.3 Å². The summed E-state index contributed by atoms with van der Waals surface area (Å²) in [6.45, 7) is 2.98. The van der Waals surface area contributed by atoms with Crippen LogP contribution in [0.3, 0.4) is 0 Å². The minimum atomic E-state index is -0.320. The van der Waals surface area contributed by atoms with Crippen molar-refractivity contribution in [3.8, 4) is 28.4 Å². The molecule has 0 fully saturated rings. The summed E-state index contributed by atoms with van der Waals surface area (Å²) in [6, 6.07) is 11.5. The van der Waals surface area contributed by atoms with Crippen LogP contribution in [0.5, 0.6) is 17.2 Å². The molecular weight excluding hydrogens is 442 g/mol. The molecule has 180 valence electrons. The normalized spacial score (nSPS) is 20.6. The molecule has 2 aromatic carbocycles. The molecule has 3 aromatic rings. The summed E-state index contributed by atoms with van der Waals surface area (Å²) < 4.78 is 17.5. The zero-order chi connectivity index (χ0) is 24.3. The van der Waals surface area contributed by atoms with E-state index in [0.717, 1.165) is 34.6 Å². The molecule has 2 heterocycles. The number of benzene rings is 2. The lowest BCUT2D eigenvalue weighted by Gasteiger charge is -2.28. The molecule has 7 nitrogen and oxygen atoms in total. The summed E-state index contributed by atoms with van der Waals surface area (Å²) in [7, 11) is 1.63. The molecule has 1 aliphatic heterocycles. The van der Waals surface area contributed by atoms with E-state index in [1.165, 1.54) is 0 Å². The van der Waals surface area contributed by atoms with Crippen molar-refractivity contribution < 1.29 is 19.0 Å². The van der Waals surface area contributed by atoms with Crippen molar-refractivity contribution in [3.63, 3.8) is 0 Å². The van der Waals surface area contributed by atoms with Gasteiger partial charge in [-0.05, 0) is 54.3 Å². The molecule has 0 saturated heterocycles. The van der Waals surface area contributed by atoms with Crippen LogP contribution in [0.1, 0.15) is 18.9 Å². The summed E-state index contributed by atoms with van der Waals surface area (Å²) in [5.74, 6) is 1.75. The molecule has 1 amide bonds. The van der Waals surface area contributed by atoms with Crippen molar-refractivity contribution in [3.05, 3.63) is 78.7 Å². The van der Waals surface area contributed by atoms with Crippen molar-refractivity contribution in [1.29, 1.82) is 0 Å². The molecule has 2 unspecified atom stereocenters. The molecular formula is C28H29N3O4. The summed E-state index contributed by atoms with van der Waals surface area (Å²) in [5, 5.41) is 9.97. The van der Waals surface area contributed by atoms with Crippen molar-refractivity contribution in [1.82, 2.24) is 10.2 Å². The number of carbonyl (C=O) groups is 1. The number of carbonyl (C=O) groups excluding carboxylic acids is 1.